The first-order valence-electron chi connectivity index (χ1n) is 6.59. The number of H-pyrrole nitrogens is 1. The molecule has 2 rings (SSSR count). The van der Waals surface area contributed by atoms with Crippen LogP contribution in [0.5, 0.6) is 0 Å². The van der Waals surface area contributed by atoms with Gasteiger partial charge in [-0.2, -0.15) is 0 Å². The topological polar surface area (TPSA) is 68.4 Å². The van der Waals surface area contributed by atoms with E-state index in [9.17, 15) is 9.59 Å². The number of nitrogens with one attached hydrogen (secondary N) is 1. The summed E-state index contributed by atoms with van der Waals surface area (Å²) in [6, 6.07) is 0. The van der Waals surface area contributed by atoms with Gasteiger partial charge in [-0.05, 0) is 31.2 Å². The van der Waals surface area contributed by atoms with E-state index in [-0.39, 0.29) is 5.69 Å². The summed E-state index contributed by atoms with van der Waals surface area (Å²) in [5, 5.41) is 0. The Kier molecular flexibility index (Phi) is 4.24. The van der Waals surface area contributed by atoms with Crippen LogP contribution in [0.25, 0.3) is 0 Å². The molecule has 0 bridgehead atoms. The fourth-order valence-electron chi connectivity index (χ4n) is 2.62. The lowest BCUT2D eigenvalue weighted by Gasteiger charge is -2.10. The predicted octanol–water partition coefficient (Wildman–Crippen LogP) is 2.25. The molecule has 5 nitrogen and oxygen atoms in total. The molecule has 1 aliphatic carbocycles. The van der Waals surface area contributed by atoms with Crippen LogP contribution in [-0.2, 0) is 22.3 Å². The number of hydrogen-bond acceptors (Lipinski definition) is 4. The maximum absolute atomic E-state index is 11.9. The molecule has 0 saturated carbocycles. The molecule has 0 spiro atoms. The molecule has 0 fully saturated rings. The fourth-order valence-corrected chi connectivity index (χ4v) is 2.62. The smallest absolute Gasteiger partial charge is 0.355 e. The first-order valence-corrected chi connectivity index (χ1v) is 6.59. The second kappa shape index (κ2) is 5.91. The third-order valence-electron chi connectivity index (χ3n) is 3.57. The number of hydrogen-bond donors (Lipinski definition) is 1. The molecule has 0 saturated heterocycles. The van der Waals surface area contributed by atoms with E-state index < -0.39 is 11.9 Å². The Hall–Kier alpha value is -1.78. The molecule has 1 aromatic rings. The molecule has 0 amide bonds. The number of aromatic amines is 1. The van der Waals surface area contributed by atoms with E-state index in [1.807, 2.05) is 0 Å². The average molecular weight is 265 g/mol. The van der Waals surface area contributed by atoms with Crippen LogP contribution in [0.1, 0.15) is 57.8 Å². The summed E-state index contributed by atoms with van der Waals surface area (Å²) in [6.07, 6.45) is 6.08. The van der Waals surface area contributed by atoms with Gasteiger partial charge in [-0.1, -0.05) is 12.8 Å². The van der Waals surface area contributed by atoms with Gasteiger partial charge in [-0.25, -0.2) is 9.59 Å². The van der Waals surface area contributed by atoms with Crippen molar-refractivity contribution in [2.24, 2.45) is 0 Å². The molecule has 0 aromatic carbocycles. The molecule has 1 N–H and O–H groups in total. The van der Waals surface area contributed by atoms with Gasteiger partial charge in [0.15, 0.2) is 0 Å². The highest BCUT2D eigenvalue weighted by Gasteiger charge is 2.28. The summed E-state index contributed by atoms with van der Waals surface area (Å²) < 4.78 is 9.54. The Morgan fingerprint density at radius 1 is 0.947 bits per heavy atom. The number of carbonyl (C=O) groups excluding carboxylic acids is 2. The first-order chi connectivity index (χ1) is 9.19. The van der Waals surface area contributed by atoms with Crippen LogP contribution in [0.2, 0.25) is 0 Å². The largest absolute Gasteiger partial charge is 0.465 e. The molecule has 1 heterocycles. The number of rotatable bonds is 2. The van der Waals surface area contributed by atoms with E-state index in [0.717, 1.165) is 43.4 Å². The predicted molar refractivity (Wildman–Crippen MR) is 69.3 cm³/mol. The lowest BCUT2D eigenvalue weighted by molar-refractivity contribution is 0.0551. The maximum atomic E-state index is 11.9. The number of aromatic nitrogens is 1. The Morgan fingerprint density at radius 2 is 1.58 bits per heavy atom. The monoisotopic (exact) mass is 265 g/mol. The number of fused-ring (bicyclic) bond motifs is 1. The van der Waals surface area contributed by atoms with Crippen molar-refractivity contribution in [2.75, 3.05) is 14.2 Å². The van der Waals surface area contributed by atoms with Crippen LogP contribution < -0.4 is 0 Å². The molecule has 0 aliphatic heterocycles. The summed E-state index contributed by atoms with van der Waals surface area (Å²) in [5.41, 5.74) is 2.47. The first kappa shape index (κ1) is 13.6. The van der Waals surface area contributed by atoms with Gasteiger partial charge in [-0.3, -0.25) is 0 Å². The van der Waals surface area contributed by atoms with Gasteiger partial charge in [0.25, 0.3) is 0 Å². The van der Waals surface area contributed by atoms with Gasteiger partial charge >= 0.3 is 11.9 Å². The average Bonchev–Trinajstić information content (AvgIpc) is 2.74. The van der Waals surface area contributed by atoms with Gasteiger partial charge in [0.2, 0.25) is 0 Å². The zero-order valence-corrected chi connectivity index (χ0v) is 11.4. The van der Waals surface area contributed by atoms with E-state index in [4.69, 9.17) is 9.47 Å². The van der Waals surface area contributed by atoms with E-state index in [1.54, 1.807) is 0 Å². The van der Waals surface area contributed by atoms with E-state index in [2.05, 4.69) is 4.98 Å². The highest BCUT2D eigenvalue weighted by atomic mass is 16.5. The summed E-state index contributed by atoms with van der Waals surface area (Å²) >= 11 is 0. The van der Waals surface area contributed by atoms with Crippen LogP contribution in [0.4, 0.5) is 0 Å². The van der Waals surface area contributed by atoms with Gasteiger partial charge in [-0.15, -0.1) is 0 Å². The lowest BCUT2D eigenvalue weighted by Crippen LogP contribution is -2.12. The van der Waals surface area contributed by atoms with Gasteiger partial charge < -0.3 is 14.5 Å². The van der Waals surface area contributed by atoms with Crippen molar-refractivity contribution in [1.82, 2.24) is 4.98 Å². The lowest BCUT2D eigenvalue weighted by atomic mass is 9.95. The molecule has 0 atom stereocenters. The summed E-state index contributed by atoms with van der Waals surface area (Å²) in [7, 11) is 2.63. The third-order valence-corrected chi connectivity index (χ3v) is 3.57. The van der Waals surface area contributed by atoms with Crippen molar-refractivity contribution in [3.05, 3.63) is 22.5 Å². The molecule has 104 valence electrons. The molecular weight excluding hydrogens is 246 g/mol. The number of ether oxygens (including phenoxy) is 2. The number of methoxy groups -OCH3 is 2. The van der Waals surface area contributed by atoms with Crippen LogP contribution in [0.3, 0.4) is 0 Å². The second-order valence-corrected chi connectivity index (χ2v) is 4.73. The molecule has 19 heavy (non-hydrogen) atoms. The van der Waals surface area contributed by atoms with Crippen LogP contribution in [-0.4, -0.2) is 31.1 Å². The second-order valence-electron chi connectivity index (χ2n) is 4.73. The minimum atomic E-state index is -0.521. The minimum Gasteiger partial charge on any atom is -0.465 e. The Labute approximate surface area is 112 Å². The van der Waals surface area contributed by atoms with Crippen molar-refractivity contribution in [3.8, 4) is 0 Å². The maximum Gasteiger partial charge on any atom is 0.355 e. The Morgan fingerprint density at radius 3 is 2.21 bits per heavy atom. The molecule has 5 heteroatoms. The van der Waals surface area contributed by atoms with Crippen LogP contribution in [0.15, 0.2) is 0 Å². The number of carbonyl (C=O) groups is 2. The summed E-state index contributed by atoms with van der Waals surface area (Å²) in [5.74, 6) is -0.995. The van der Waals surface area contributed by atoms with Gasteiger partial charge in [0.05, 0.1) is 19.8 Å². The van der Waals surface area contributed by atoms with Gasteiger partial charge in [0.1, 0.15) is 5.69 Å². The van der Waals surface area contributed by atoms with Crippen molar-refractivity contribution in [3.63, 3.8) is 0 Å². The van der Waals surface area contributed by atoms with Crippen molar-refractivity contribution < 1.29 is 19.1 Å². The van der Waals surface area contributed by atoms with Crippen molar-refractivity contribution >= 4 is 11.9 Å². The van der Waals surface area contributed by atoms with Crippen molar-refractivity contribution in [1.29, 1.82) is 0 Å². The minimum absolute atomic E-state index is 0.223. The zero-order valence-electron chi connectivity index (χ0n) is 11.4. The third kappa shape index (κ3) is 2.64. The van der Waals surface area contributed by atoms with Crippen LogP contribution >= 0.6 is 0 Å². The quantitative estimate of drug-likeness (QED) is 0.833. The Balaban J connectivity index is 2.51. The highest BCUT2D eigenvalue weighted by Crippen LogP contribution is 2.27. The fraction of sp³-hybridized carbons (Fsp3) is 0.571. The zero-order chi connectivity index (χ0) is 13.8. The van der Waals surface area contributed by atoms with E-state index in [0.29, 0.717) is 5.56 Å². The highest BCUT2D eigenvalue weighted by molar-refractivity contribution is 6.03. The standard InChI is InChI=1S/C14H19NO4/c1-18-13(16)11-9-7-5-3-4-6-8-10(9)15-12(11)14(17)19-2/h15H,3-8H2,1-2H3. The molecule has 1 aliphatic rings. The normalized spacial score (nSPS) is 15.1. The summed E-state index contributed by atoms with van der Waals surface area (Å²) in [4.78, 5) is 26.8. The molecule has 0 radical (unpaired) electrons. The molecule has 0 unspecified atom stereocenters. The van der Waals surface area contributed by atoms with E-state index in [1.165, 1.54) is 20.6 Å². The number of esters is 2. The van der Waals surface area contributed by atoms with Gasteiger partial charge in [0, 0.05) is 5.69 Å². The van der Waals surface area contributed by atoms with E-state index >= 15 is 0 Å². The SMILES string of the molecule is COC(=O)c1[nH]c2c(c1C(=O)OC)CCCCCC2. The molecule has 1 aromatic heterocycles. The number of aryl methyl sites for hydroxylation is 1. The summed E-state index contributed by atoms with van der Waals surface area (Å²) in [6.45, 7) is 0. The molecular formula is C14H19NO4. The van der Waals surface area contributed by atoms with Crippen molar-refractivity contribution in [2.45, 2.75) is 38.5 Å². The van der Waals surface area contributed by atoms with Crippen LogP contribution in [0, 0.1) is 0 Å². The Bertz CT molecular complexity index is 490.